The molecule has 0 saturated carbocycles. The first-order valence-corrected chi connectivity index (χ1v) is 10.4. The number of carbonyl (C=O) groups is 1. The number of halogens is 2. The molecule has 0 heterocycles. The highest BCUT2D eigenvalue weighted by Crippen LogP contribution is 2.32. The van der Waals surface area contributed by atoms with Gasteiger partial charge in [0.2, 0.25) is 10.0 Å². The average Bonchev–Trinajstić information content (AvgIpc) is 2.54. The summed E-state index contributed by atoms with van der Waals surface area (Å²) in [6, 6.07) is 11.7. The number of para-hydroxylation sites is 1. The third-order valence-electron chi connectivity index (χ3n) is 3.25. The second-order valence-electron chi connectivity index (χ2n) is 5.13. The second-order valence-corrected chi connectivity index (χ2v) is 8.40. The van der Waals surface area contributed by atoms with Gasteiger partial charge in [0.1, 0.15) is 5.75 Å². The maximum absolute atomic E-state index is 11.9. The van der Waals surface area contributed by atoms with Crippen molar-refractivity contribution in [3.05, 3.63) is 57.0 Å². The van der Waals surface area contributed by atoms with Crippen LogP contribution in [0.4, 0.5) is 0 Å². The molecule has 0 unspecified atom stereocenters. The molecule has 0 aliphatic carbocycles. The Bertz CT molecular complexity index is 835. The first-order valence-electron chi connectivity index (χ1n) is 7.22. The number of sulfonamides is 1. The first kappa shape index (κ1) is 19.9. The standard InChI is InChI=1S/C16H16Br2N2O4S/c17-13-2-1-3-14(18)16(13)24-10-15(21)20-9-8-11-4-6-12(7-5-11)25(19,22)23/h1-7H,8-10H2,(H,20,21)(H2,19,22,23). The molecule has 0 spiro atoms. The van der Waals surface area contributed by atoms with Crippen molar-refractivity contribution in [2.75, 3.05) is 13.2 Å². The van der Waals surface area contributed by atoms with Crippen molar-refractivity contribution < 1.29 is 17.9 Å². The Morgan fingerprint density at radius 2 is 1.68 bits per heavy atom. The molecule has 134 valence electrons. The van der Waals surface area contributed by atoms with Crippen molar-refractivity contribution in [3.8, 4) is 5.75 Å². The zero-order valence-corrected chi connectivity index (χ0v) is 17.0. The Morgan fingerprint density at radius 1 is 1.08 bits per heavy atom. The lowest BCUT2D eigenvalue weighted by atomic mass is 10.1. The number of amides is 1. The maximum Gasteiger partial charge on any atom is 0.257 e. The van der Waals surface area contributed by atoms with Crippen LogP contribution in [-0.2, 0) is 21.2 Å². The summed E-state index contributed by atoms with van der Waals surface area (Å²) >= 11 is 6.72. The first-order chi connectivity index (χ1) is 11.8. The number of primary sulfonamides is 1. The van der Waals surface area contributed by atoms with Gasteiger partial charge in [0, 0.05) is 6.54 Å². The molecule has 0 aromatic heterocycles. The molecule has 0 radical (unpaired) electrons. The van der Waals surface area contributed by atoms with Crippen molar-refractivity contribution in [1.29, 1.82) is 0 Å². The van der Waals surface area contributed by atoms with Crippen LogP contribution in [0.1, 0.15) is 5.56 Å². The molecule has 25 heavy (non-hydrogen) atoms. The van der Waals surface area contributed by atoms with Gasteiger partial charge < -0.3 is 10.1 Å². The Balaban J connectivity index is 1.79. The molecule has 0 aliphatic heterocycles. The van der Waals surface area contributed by atoms with Crippen LogP contribution in [0.15, 0.2) is 56.3 Å². The van der Waals surface area contributed by atoms with E-state index in [2.05, 4.69) is 37.2 Å². The minimum absolute atomic E-state index is 0.0627. The van der Waals surface area contributed by atoms with E-state index in [1.54, 1.807) is 12.1 Å². The van der Waals surface area contributed by atoms with Crippen LogP contribution < -0.4 is 15.2 Å². The van der Waals surface area contributed by atoms with E-state index in [-0.39, 0.29) is 17.4 Å². The van der Waals surface area contributed by atoms with E-state index >= 15 is 0 Å². The Labute approximate surface area is 163 Å². The van der Waals surface area contributed by atoms with E-state index in [9.17, 15) is 13.2 Å². The van der Waals surface area contributed by atoms with Gasteiger partial charge >= 0.3 is 0 Å². The summed E-state index contributed by atoms with van der Waals surface area (Å²) < 4.78 is 29.4. The molecule has 6 nitrogen and oxygen atoms in total. The fourth-order valence-electron chi connectivity index (χ4n) is 2.00. The molecule has 1 amide bonds. The van der Waals surface area contributed by atoms with Crippen molar-refractivity contribution in [2.45, 2.75) is 11.3 Å². The van der Waals surface area contributed by atoms with Crippen LogP contribution in [-0.4, -0.2) is 27.5 Å². The Morgan fingerprint density at radius 3 is 2.24 bits per heavy atom. The number of hydrogen-bond acceptors (Lipinski definition) is 4. The van der Waals surface area contributed by atoms with Gasteiger partial charge in [-0.2, -0.15) is 0 Å². The second kappa shape index (κ2) is 8.79. The van der Waals surface area contributed by atoms with Gasteiger partial charge in [0.25, 0.3) is 5.91 Å². The number of ether oxygens (including phenoxy) is 1. The lowest BCUT2D eigenvalue weighted by Gasteiger charge is -2.10. The quantitative estimate of drug-likeness (QED) is 0.621. The van der Waals surface area contributed by atoms with Crippen LogP contribution >= 0.6 is 31.9 Å². The number of carbonyl (C=O) groups excluding carboxylic acids is 1. The fraction of sp³-hybridized carbons (Fsp3) is 0.188. The van der Waals surface area contributed by atoms with E-state index in [0.717, 1.165) is 14.5 Å². The topological polar surface area (TPSA) is 98.5 Å². The minimum Gasteiger partial charge on any atom is -0.481 e. The monoisotopic (exact) mass is 490 g/mol. The van der Waals surface area contributed by atoms with Gasteiger partial charge in [-0.3, -0.25) is 4.79 Å². The summed E-state index contributed by atoms with van der Waals surface area (Å²) in [5.74, 6) is 0.319. The maximum atomic E-state index is 11.9. The molecular weight excluding hydrogens is 476 g/mol. The minimum atomic E-state index is -3.69. The lowest BCUT2D eigenvalue weighted by molar-refractivity contribution is -0.123. The molecule has 2 rings (SSSR count). The van der Waals surface area contributed by atoms with Gasteiger partial charge in [-0.1, -0.05) is 18.2 Å². The van der Waals surface area contributed by atoms with E-state index in [0.29, 0.717) is 18.7 Å². The number of hydrogen-bond donors (Lipinski definition) is 2. The molecule has 0 bridgehead atoms. The highest BCUT2D eigenvalue weighted by atomic mass is 79.9. The summed E-state index contributed by atoms with van der Waals surface area (Å²) in [6.45, 7) is 0.305. The number of rotatable bonds is 7. The van der Waals surface area contributed by atoms with Gasteiger partial charge in [-0.05, 0) is 68.1 Å². The fourth-order valence-corrected chi connectivity index (χ4v) is 3.74. The van der Waals surface area contributed by atoms with Crippen LogP contribution in [0.5, 0.6) is 5.75 Å². The lowest BCUT2D eigenvalue weighted by Crippen LogP contribution is -2.30. The highest BCUT2D eigenvalue weighted by molar-refractivity contribution is 9.11. The normalized spacial score (nSPS) is 11.2. The summed E-state index contributed by atoms with van der Waals surface area (Å²) in [6.07, 6.45) is 0.565. The van der Waals surface area contributed by atoms with Crippen LogP contribution in [0.25, 0.3) is 0 Å². The SMILES string of the molecule is NS(=O)(=O)c1ccc(CCNC(=O)COc2c(Br)cccc2Br)cc1. The van der Waals surface area contributed by atoms with Crippen molar-refractivity contribution in [1.82, 2.24) is 5.32 Å². The Kier molecular flexibility index (Phi) is 7.00. The largest absolute Gasteiger partial charge is 0.481 e. The van der Waals surface area contributed by atoms with E-state index in [4.69, 9.17) is 9.88 Å². The van der Waals surface area contributed by atoms with E-state index in [1.807, 2.05) is 18.2 Å². The predicted molar refractivity (Wildman–Crippen MR) is 102 cm³/mol. The molecule has 3 N–H and O–H groups in total. The molecule has 0 atom stereocenters. The van der Waals surface area contributed by atoms with Gasteiger partial charge in [0.15, 0.2) is 6.61 Å². The summed E-state index contributed by atoms with van der Waals surface area (Å²) in [5.41, 5.74) is 0.891. The van der Waals surface area contributed by atoms with Crippen LogP contribution in [0, 0.1) is 0 Å². The van der Waals surface area contributed by atoms with Gasteiger partial charge in [-0.15, -0.1) is 0 Å². The number of nitrogens with two attached hydrogens (primary N) is 1. The third-order valence-corrected chi connectivity index (χ3v) is 5.43. The van der Waals surface area contributed by atoms with Crippen molar-refractivity contribution in [3.63, 3.8) is 0 Å². The van der Waals surface area contributed by atoms with E-state index < -0.39 is 10.0 Å². The predicted octanol–water partition coefficient (Wildman–Crippen LogP) is 2.60. The van der Waals surface area contributed by atoms with Crippen LogP contribution in [0.2, 0.25) is 0 Å². The van der Waals surface area contributed by atoms with Crippen molar-refractivity contribution in [2.24, 2.45) is 5.14 Å². The summed E-state index contributed by atoms with van der Waals surface area (Å²) in [4.78, 5) is 11.9. The van der Waals surface area contributed by atoms with Crippen molar-refractivity contribution >= 4 is 47.8 Å². The van der Waals surface area contributed by atoms with E-state index in [1.165, 1.54) is 12.1 Å². The van der Waals surface area contributed by atoms with Gasteiger partial charge in [0.05, 0.1) is 13.8 Å². The van der Waals surface area contributed by atoms with Gasteiger partial charge in [-0.25, -0.2) is 13.6 Å². The number of nitrogens with one attached hydrogen (secondary N) is 1. The van der Waals surface area contributed by atoms with Crippen LogP contribution in [0.3, 0.4) is 0 Å². The smallest absolute Gasteiger partial charge is 0.257 e. The highest BCUT2D eigenvalue weighted by Gasteiger charge is 2.09. The molecular formula is C16H16Br2N2O4S. The third kappa shape index (κ3) is 6.10. The zero-order valence-electron chi connectivity index (χ0n) is 13.0. The number of benzene rings is 2. The summed E-state index contributed by atoms with van der Waals surface area (Å²) in [7, 11) is -3.69. The molecule has 2 aromatic rings. The zero-order chi connectivity index (χ0) is 18.4. The molecule has 0 aliphatic rings. The molecule has 2 aromatic carbocycles. The Hall–Kier alpha value is -1.42. The molecule has 9 heteroatoms. The average molecular weight is 492 g/mol. The molecule has 0 saturated heterocycles. The summed E-state index contributed by atoms with van der Waals surface area (Å²) in [5, 5.41) is 7.79. The molecule has 0 fully saturated rings.